The Morgan fingerprint density at radius 2 is 2.00 bits per heavy atom. The first kappa shape index (κ1) is 15.2. The number of aryl methyl sites for hydroxylation is 1. The molecule has 3 aromatic rings. The van der Waals surface area contributed by atoms with E-state index in [0.717, 1.165) is 58.1 Å². The predicted molar refractivity (Wildman–Crippen MR) is 99.7 cm³/mol. The van der Waals surface area contributed by atoms with Crippen molar-refractivity contribution in [1.29, 1.82) is 0 Å². The van der Waals surface area contributed by atoms with Crippen molar-refractivity contribution >= 4 is 33.8 Å². The van der Waals surface area contributed by atoms with Crippen LogP contribution in [0, 0.1) is 6.92 Å². The SMILES string of the molecule is Cc1cncc(-c2nc(-c3csc(NC4=NCCCN4)n3)cs2)c1. The van der Waals surface area contributed by atoms with E-state index in [2.05, 4.69) is 31.7 Å². The fraction of sp³-hybridized carbons (Fsp3) is 0.250. The highest BCUT2D eigenvalue weighted by Crippen LogP contribution is 2.30. The number of aliphatic imine (C=N–C) groups is 1. The van der Waals surface area contributed by atoms with Crippen LogP contribution in [0.4, 0.5) is 5.13 Å². The number of rotatable bonds is 3. The van der Waals surface area contributed by atoms with Crippen LogP contribution in [0.25, 0.3) is 22.0 Å². The van der Waals surface area contributed by atoms with Gasteiger partial charge in [-0.1, -0.05) is 0 Å². The van der Waals surface area contributed by atoms with Crippen molar-refractivity contribution in [3.63, 3.8) is 0 Å². The Hall–Kier alpha value is -2.32. The van der Waals surface area contributed by atoms with Gasteiger partial charge in [-0.2, -0.15) is 0 Å². The van der Waals surface area contributed by atoms with Crippen LogP contribution in [-0.2, 0) is 0 Å². The molecule has 122 valence electrons. The molecule has 0 amide bonds. The standard InChI is InChI=1S/C16H16N6S2/c1-10-5-11(7-17-6-10)14-20-12(8-23-14)13-9-24-16(21-13)22-15-18-3-2-4-19-15/h5-9H,2-4H2,1H3,(H2,18,19,21,22). The Morgan fingerprint density at radius 1 is 1.12 bits per heavy atom. The van der Waals surface area contributed by atoms with Crippen molar-refractivity contribution in [1.82, 2.24) is 20.3 Å². The van der Waals surface area contributed by atoms with Gasteiger partial charge in [0.1, 0.15) is 16.4 Å². The van der Waals surface area contributed by atoms with Gasteiger partial charge in [0.25, 0.3) is 0 Å². The first-order valence-electron chi connectivity index (χ1n) is 7.67. The molecule has 1 aliphatic rings. The monoisotopic (exact) mass is 356 g/mol. The molecule has 6 nitrogen and oxygen atoms in total. The van der Waals surface area contributed by atoms with Crippen LogP contribution in [-0.4, -0.2) is 34.0 Å². The summed E-state index contributed by atoms with van der Waals surface area (Å²) >= 11 is 3.16. The molecule has 2 N–H and O–H groups in total. The fourth-order valence-electron chi connectivity index (χ4n) is 2.36. The van der Waals surface area contributed by atoms with Gasteiger partial charge in [0.15, 0.2) is 11.1 Å². The Bertz CT molecular complexity index is 882. The summed E-state index contributed by atoms with van der Waals surface area (Å²) in [4.78, 5) is 17.9. The van der Waals surface area contributed by atoms with Crippen molar-refractivity contribution in [3.8, 4) is 22.0 Å². The van der Waals surface area contributed by atoms with Gasteiger partial charge in [0, 0.05) is 41.8 Å². The summed E-state index contributed by atoms with van der Waals surface area (Å²) in [6, 6.07) is 2.09. The summed E-state index contributed by atoms with van der Waals surface area (Å²) in [6.45, 7) is 3.84. The third kappa shape index (κ3) is 3.29. The van der Waals surface area contributed by atoms with Gasteiger partial charge in [-0.25, -0.2) is 9.97 Å². The minimum atomic E-state index is 0.798. The fourth-order valence-corrected chi connectivity index (χ4v) is 3.86. The lowest BCUT2D eigenvalue weighted by Crippen LogP contribution is -2.35. The van der Waals surface area contributed by atoms with Crippen LogP contribution >= 0.6 is 22.7 Å². The van der Waals surface area contributed by atoms with E-state index in [1.165, 1.54) is 0 Å². The van der Waals surface area contributed by atoms with Gasteiger partial charge in [-0.05, 0) is 25.0 Å². The molecule has 4 heterocycles. The van der Waals surface area contributed by atoms with Crippen molar-refractivity contribution in [2.24, 2.45) is 4.99 Å². The van der Waals surface area contributed by atoms with E-state index in [4.69, 9.17) is 4.98 Å². The smallest absolute Gasteiger partial charge is 0.197 e. The van der Waals surface area contributed by atoms with Crippen molar-refractivity contribution in [2.45, 2.75) is 13.3 Å². The second-order valence-corrected chi connectivity index (χ2v) is 7.18. The maximum Gasteiger partial charge on any atom is 0.197 e. The van der Waals surface area contributed by atoms with E-state index in [1.54, 1.807) is 22.7 Å². The van der Waals surface area contributed by atoms with Gasteiger partial charge < -0.3 is 10.6 Å². The second-order valence-electron chi connectivity index (χ2n) is 5.46. The van der Waals surface area contributed by atoms with Crippen LogP contribution in [0.5, 0.6) is 0 Å². The molecule has 0 atom stereocenters. The molecular formula is C16H16N6S2. The Balaban J connectivity index is 1.53. The molecule has 24 heavy (non-hydrogen) atoms. The van der Waals surface area contributed by atoms with E-state index in [9.17, 15) is 0 Å². The number of nitrogens with zero attached hydrogens (tertiary/aromatic N) is 4. The molecule has 0 aliphatic carbocycles. The number of thiazole rings is 2. The third-order valence-electron chi connectivity index (χ3n) is 3.52. The van der Waals surface area contributed by atoms with Gasteiger partial charge in [-0.3, -0.25) is 9.98 Å². The summed E-state index contributed by atoms with van der Waals surface area (Å²) in [5, 5.41) is 12.3. The van der Waals surface area contributed by atoms with Crippen LogP contribution in [0.15, 0.2) is 34.2 Å². The van der Waals surface area contributed by atoms with Crippen LogP contribution in [0.3, 0.4) is 0 Å². The van der Waals surface area contributed by atoms with E-state index < -0.39 is 0 Å². The van der Waals surface area contributed by atoms with Gasteiger partial charge in [0.2, 0.25) is 0 Å². The average Bonchev–Trinajstić information content (AvgIpc) is 3.25. The van der Waals surface area contributed by atoms with Crippen molar-refractivity contribution < 1.29 is 0 Å². The zero-order valence-electron chi connectivity index (χ0n) is 13.1. The maximum atomic E-state index is 4.70. The molecule has 4 rings (SSSR count). The Morgan fingerprint density at radius 3 is 2.83 bits per heavy atom. The van der Waals surface area contributed by atoms with E-state index in [0.29, 0.717) is 0 Å². The van der Waals surface area contributed by atoms with Crippen molar-refractivity contribution in [3.05, 3.63) is 34.8 Å². The molecule has 0 saturated heterocycles. The average molecular weight is 356 g/mol. The molecule has 0 spiro atoms. The van der Waals surface area contributed by atoms with Crippen LogP contribution in [0.2, 0.25) is 0 Å². The summed E-state index contributed by atoms with van der Waals surface area (Å²) in [5.74, 6) is 0.798. The lowest BCUT2D eigenvalue weighted by Gasteiger charge is -2.13. The van der Waals surface area contributed by atoms with Crippen LogP contribution in [0.1, 0.15) is 12.0 Å². The van der Waals surface area contributed by atoms with Gasteiger partial charge in [0.05, 0.1) is 0 Å². The lowest BCUT2D eigenvalue weighted by molar-refractivity contribution is 0.740. The summed E-state index contributed by atoms with van der Waals surface area (Å²) in [7, 11) is 0. The normalized spacial score (nSPS) is 14.1. The quantitative estimate of drug-likeness (QED) is 0.752. The first-order chi connectivity index (χ1) is 11.8. The second kappa shape index (κ2) is 6.66. The molecule has 0 radical (unpaired) electrons. The molecule has 8 heteroatoms. The number of guanidine groups is 1. The summed E-state index contributed by atoms with van der Waals surface area (Å²) in [6.07, 6.45) is 4.76. The Labute approximate surface area is 147 Å². The zero-order valence-corrected chi connectivity index (χ0v) is 14.7. The highest BCUT2D eigenvalue weighted by Gasteiger charge is 2.12. The number of hydrogen-bond acceptors (Lipinski definition) is 8. The minimum absolute atomic E-state index is 0.798. The third-order valence-corrected chi connectivity index (χ3v) is 5.16. The molecule has 0 saturated carbocycles. The molecule has 0 bridgehead atoms. The van der Waals surface area contributed by atoms with E-state index in [1.807, 2.05) is 30.1 Å². The van der Waals surface area contributed by atoms with E-state index in [-0.39, 0.29) is 0 Å². The molecule has 0 unspecified atom stereocenters. The first-order valence-corrected chi connectivity index (χ1v) is 9.43. The molecule has 0 aromatic carbocycles. The number of aromatic nitrogens is 3. The number of anilines is 1. The van der Waals surface area contributed by atoms with E-state index >= 15 is 0 Å². The highest BCUT2D eigenvalue weighted by atomic mass is 32.1. The van der Waals surface area contributed by atoms with Crippen LogP contribution < -0.4 is 10.6 Å². The van der Waals surface area contributed by atoms with Gasteiger partial charge >= 0.3 is 0 Å². The topological polar surface area (TPSA) is 75.1 Å². The highest BCUT2D eigenvalue weighted by molar-refractivity contribution is 7.14. The number of pyridine rings is 1. The molecular weight excluding hydrogens is 340 g/mol. The Kier molecular flexibility index (Phi) is 4.22. The molecule has 3 aromatic heterocycles. The molecule has 0 fully saturated rings. The maximum absolute atomic E-state index is 4.70. The minimum Gasteiger partial charge on any atom is -0.356 e. The van der Waals surface area contributed by atoms with Crippen molar-refractivity contribution in [2.75, 3.05) is 18.4 Å². The summed E-state index contributed by atoms with van der Waals surface area (Å²) < 4.78 is 0. The zero-order chi connectivity index (χ0) is 16.4. The van der Waals surface area contributed by atoms with Gasteiger partial charge in [-0.15, -0.1) is 22.7 Å². The number of hydrogen-bond donors (Lipinski definition) is 2. The molecule has 1 aliphatic heterocycles. The predicted octanol–water partition coefficient (Wildman–Crippen LogP) is 3.40. The summed E-state index contributed by atoms with van der Waals surface area (Å²) in [5.41, 5.74) is 3.94. The largest absolute Gasteiger partial charge is 0.356 e. The number of nitrogens with one attached hydrogen (secondary N) is 2. The lowest BCUT2D eigenvalue weighted by atomic mass is 10.2.